The van der Waals surface area contributed by atoms with E-state index in [0.29, 0.717) is 17.3 Å². The monoisotopic (exact) mass is 429 g/mol. The summed E-state index contributed by atoms with van der Waals surface area (Å²) in [6, 6.07) is 3.02. The number of aromatic nitrogens is 2. The summed E-state index contributed by atoms with van der Waals surface area (Å²) in [6.07, 6.45) is 3.30. The predicted molar refractivity (Wildman–Crippen MR) is 104 cm³/mol. The van der Waals surface area contributed by atoms with Crippen molar-refractivity contribution in [3.8, 4) is 0 Å². The van der Waals surface area contributed by atoms with Crippen LogP contribution in [0.3, 0.4) is 0 Å². The maximum absolute atomic E-state index is 13.2. The largest absolute Gasteiger partial charge is 0.467 e. The van der Waals surface area contributed by atoms with Gasteiger partial charge < -0.3 is 9.32 Å². The molecule has 1 aliphatic heterocycles. The molecule has 27 heavy (non-hydrogen) atoms. The van der Waals surface area contributed by atoms with Crippen molar-refractivity contribution in [3.63, 3.8) is 0 Å². The number of hydrogen-bond donors (Lipinski definition) is 0. The first-order chi connectivity index (χ1) is 12.7. The van der Waals surface area contributed by atoms with Crippen LogP contribution in [0.5, 0.6) is 0 Å². The van der Waals surface area contributed by atoms with Crippen molar-refractivity contribution < 1.29 is 17.6 Å². The molecule has 0 unspecified atom stereocenters. The molecule has 10 heteroatoms. The predicted octanol–water partition coefficient (Wildman–Crippen LogP) is 3.05. The van der Waals surface area contributed by atoms with Crippen LogP contribution in [0.25, 0.3) is 0 Å². The normalized spacial score (nSPS) is 18.7. The Morgan fingerprint density at radius 3 is 2.85 bits per heavy atom. The topological polar surface area (TPSA) is 93.4 Å². The van der Waals surface area contributed by atoms with Gasteiger partial charge in [0.05, 0.1) is 35.5 Å². The molecule has 0 bridgehead atoms. The van der Waals surface area contributed by atoms with Gasteiger partial charge in [0.2, 0.25) is 0 Å². The second-order valence-corrected chi connectivity index (χ2v) is 10.8. The number of nitrogens with zero attached hydrogens (tertiary/aromatic N) is 3. The van der Waals surface area contributed by atoms with Crippen LogP contribution >= 0.6 is 23.4 Å². The molecule has 3 heterocycles. The lowest BCUT2D eigenvalue weighted by Crippen LogP contribution is -2.41. The summed E-state index contributed by atoms with van der Waals surface area (Å²) in [6.45, 7) is 4.15. The Hall–Kier alpha value is -1.58. The zero-order chi connectivity index (χ0) is 19.6. The lowest BCUT2D eigenvalue weighted by Gasteiger charge is -2.27. The van der Waals surface area contributed by atoms with Gasteiger partial charge in [-0.25, -0.2) is 18.4 Å². The molecule has 0 saturated carbocycles. The third-order valence-electron chi connectivity index (χ3n) is 4.08. The first-order valence-electron chi connectivity index (χ1n) is 8.48. The molecule has 1 saturated heterocycles. The second-order valence-electron chi connectivity index (χ2n) is 6.59. The van der Waals surface area contributed by atoms with E-state index in [1.807, 2.05) is 13.8 Å². The van der Waals surface area contributed by atoms with Gasteiger partial charge in [0.15, 0.2) is 20.7 Å². The van der Waals surface area contributed by atoms with Crippen molar-refractivity contribution in [2.75, 3.05) is 11.5 Å². The molecule has 0 aromatic carbocycles. The summed E-state index contributed by atoms with van der Waals surface area (Å²) >= 11 is 7.61. The fourth-order valence-electron chi connectivity index (χ4n) is 2.86. The molecule has 1 amide bonds. The number of rotatable bonds is 6. The van der Waals surface area contributed by atoms with E-state index >= 15 is 0 Å². The van der Waals surface area contributed by atoms with Crippen LogP contribution in [0, 0.1) is 0 Å². The first kappa shape index (κ1) is 20.2. The van der Waals surface area contributed by atoms with Crippen LogP contribution in [-0.2, 0) is 16.4 Å². The van der Waals surface area contributed by atoms with Gasteiger partial charge in [-0.1, -0.05) is 37.2 Å². The fourth-order valence-corrected chi connectivity index (χ4v) is 5.44. The molecule has 0 N–H and O–H groups in total. The smallest absolute Gasteiger partial charge is 0.274 e. The number of amides is 1. The van der Waals surface area contributed by atoms with Crippen molar-refractivity contribution in [2.24, 2.45) is 0 Å². The standard InChI is InChI=1S/C17H20ClN3O4S2/c1-11(2)26-17-19-8-14(18)15(20-17)16(22)21(9-13-4-3-6-25-13)12-5-7-27(23,24)10-12/h3-4,6,8,11-12H,5,7,9-10H2,1-2H3/t12-/m0/s1. The zero-order valence-corrected chi connectivity index (χ0v) is 17.4. The van der Waals surface area contributed by atoms with E-state index in [1.54, 1.807) is 12.1 Å². The molecule has 146 valence electrons. The van der Waals surface area contributed by atoms with E-state index in [1.165, 1.54) is 29.1 Å². The minimum Gasteiger partial charge on any atom is -0.467 e. The summed E-state index contributed by atoms with van der Waals surface area (Å²) in [5.41, 5.74) is 0.0747. The summed E-state index contributed by atoms with van der Waals surface area (Å²) in [5, 5.41) is 0.835. The Bertz CT molecular complexity index is 916. The molecule has 0 radical (unpaired) electrons. The van der Waals surface area contributed by atoms with Gasteiger partial charge in [-0.3, -0.25) is 4.79 Å². The molecule has 2 aromatic heterocycles. The summed E-state index contributed by atoms with van der Waals surface area (Å²) in [7, 11) is -3.16. The van der Waals surface area contributed by atoms with Crippen molar-refractivity contribution in [1.29, 1.82) is 0 Å². The Morgan fingerprint density at radius 2 is 2.26 bits per heavy atom. The van der Waals surface area contributed by atoms with Crippen molar-refractivity contribution in [1.82, 2.24) is 14.9 Å². The maximum atomic E-state index is 13.2. The van der Waals surface area contributed by atoms with Crippen LogP contribution in [0.1, 0.15) is 36.5 Å². The highest BCUT2D eigenvalue weighted by molar-refractivity contribution is 7.99. The second kappa shape index (κ2) is 8.20. The third kappa shape index (κ3) is 5.03. The minimum absolute atomic E-state index is 0.0611. The van der Waals surface area contributed by atoms with Gasteiger partial charge in [0.1, 0.15) is 5.76 Å². The SMILES string of the molecule is CC(C)Sc1ncc(Cl)c(C(=O)N(Cc2ccco2)[C@H]2CCS(=O)(=O)C2)n1. The maximum Gasteiger partial charge on any atom is 0.274 e. The highest BCUT2D eigenvalue weighted by Gasteiger charge is 2.36. The highest BCUT2D eigenvalue weighted by Crippen LogP contribution is 2.26. The number of furan rings is 1. The van der Waals surface area contributed by atoms with E-state index in [-0.39, 0.29) is 34.0 Å². The molecule has 3 rings (SSSR count). The molecular weight excluding hydrogens is 410 g/mol. The summed E-state index contributed by atoms with van der Waals surface area (Å²) in [4.78, 5) is 23.2. The van der Waals surface area contributed by atoms with Gasteiger partial charge in [0, 0.05) is 11.3 Å². The van der Waals surface area contributed by atoms with Crippen molar-refractivity contribution in [3.05, 3.63) is 41.1 Å². The fraction of sp³-hybridized carbons (Fsp3) is 0.471. The number of hydrogen-bond acceptors (Lipinski definition) is 7. The first-order valence-corrected chi connectivity index (χ1v) is 11.6. The number of halogens is 1. The average Bonchev–Trinajstić information content (AvgIpc) is 3.22. The Morgan fingerprint density at radius 1 is 1.48 bits per heavy atom. The Balaban J connectivity index is 1.93. The third-order valence-corrected chi connectivity index (χ3v) is 6.99. The van der Waals surface area contributed by atoms with Gasteiger partial charge in [0.25, 0.3) is 5.91 Å². The van der Waals surface area contributed by atoms with E-state index < -0.39 is 21.8 Å². The van der Waals surface area contributed by atoms with E-state index in [2.05, 4.69) is 9.97 Å². The van der Waals surface area contributed by atoms with Gasteiger partial charge in [-0.05, 0) is 18.6 Å². The summed E-state index contributed by atoms with van der Waals surface area (Å²) < 4.78 is 29.2. The molecule has 0 aliphatic carbocycles. The molecule has 1 atom stereocenters. The molecule has 1 aliphatic rings. The zero-order valence-electron chi connectivity index (χ0n) is 15.0. The molecule has 1 fully saturated rings. The van der Waals surface area contributed by atoms with Gasteiger partial charge in [-0.15, -0.1) is 0 Å². The van der Waals surface area contributed by atoms with Crippen LogP contribution in [0.4, 0.5) is 0 Å². The number of carbonyl (C=O) groups excluding carboxylic acids is 1. The van der Waals surface area contributed by atoms with Gasteiger partial charge in [-0.2, -0.15) is 0 Å². The van der Waals surface area contributed by atoms with E-state index in [4.69, 9.17) is 16.0 Å². The Labute approximate surface area is 167 Å². The summed E-state index contributed by atoms with van der Waals surface area (Å²) in [5.74, 6) is 0.127. The molecular formula is C17H20ClN3O4S2. The van der Waals surface area contributed by atoms with Crippen LogP contribution in [0.2, 0.25) is 5.02 Å². The number of thioether (sulfide) groups is 1. The van der Waals surface area contributed by atoms with Crippen molar-refractivity contribution >= 4 is 39.1 Å². The average molecular weight is 430 g/mol. The van der Waals surface area contributed by atoms with E-state index in [0.717, 1.165) is 0 Å². The van der Waals surface area contributed by atoms with Crippen LogP contribution < -0.4 is 0 Å². The molecule has 2 aromatic rings. The Kier molecular flexibility index (Phi) is 6.12. The quantitative estimate of drug-likeness (QED) is 0.514. The lowest BCUT2D eigenvalue weighted by atomic mass is 10.2. The lowest BCUT2D eigenvalue weighted by molar-refractivity contribution is 0.0659. The van der Waals surface area contributed by atoms with Crippen LogP contribution in [-0.4, -0.2) is 52.0 Å². The van der Waals surface area contributed by atoms with Crippen molar-refractivity contribution in [2.45, 2.75) is 43.3 Å². The van der Waals surface area contributed by atoms with Gasteiger partial charge >= 0.3 is 0 Å². The highest BCUT2D eigenvalue weighted by atomic mass is 35.5. The number of carbonyl (C=O) groups is 1. The minimum atomic E-state index is -3.16. The van der Waals surface area contributed by atoms with E-state index in [9.17, 15) is 13.2 Å². The molecule has 0 spiro atoms. The van der Waals surface area contributed by atoms with Crippen LogP contribution in [0.15, 0.2) is 34.2 Å². The molecule has 7 nitrogen and oxygen atoms in total. The number of sulfone groups is 1.